The number of benzene rings is 1. The minimum absolute atomic E-state index is 0.192. The summed E-state index contributed by atoms with van der Waals surface area (Å²) in [6.45, 7) is 5.80. The van der Waals surface area contributed by atoms with Crippen LogP contribution in [0.4, 0.5) is 0 Å². The second-order valence-corrected chi connectivity index (χ2v) is 5.51. The molecule has 4 heteroatoms. The van der Waals surface area contributed by atoms with Gasteiger partial charge < -0.3 is 10.2 Å². The molecule has 0 radical (unpaired) electrons. The van der Waals surface area contributed by atoms with Crippen molar-refractivity contribution in [3.05, 3.63) is 34.9 Å². The molecule has 1 aromatic rings. The molecule has 1 aliphatic heterocycles. The SMILES string of the molecule is CC1CN(C(=O)Cc2ccc(Cl)cc2)CC(C)N1. The number of rotatable bonds is 2. The molecule has 2 rings (SSSR count). The van der Waals surface area contributed by atoms with E-state index in [-0.39, 0.29) is 5.91 Å². The van der Waals surface area contributed by atoms with Crippen LogP contribution in [0, 0.1) is 0 Å². The highest BCUT2D eigenvalue weighted by Gasteiger charge is 2.24. The highest BCUT2D eigenvalue weighted by Crippen LogP contribution is 2.12. The van der Waals surface area contributed by atoms with Crippen molar-refractivity contribution in [1.29, 1.82) is 0 Å². The van der Waals surface area contributed by atoms with Crippen LogP contribution in [0.3, 0.4) is 0 Å². The lowest BCUT2D eigenvalue weighted by Gasteiger charge is -2.36. The maximum absolute atomic E-state index is 12.2. The number of nitrogens with one attached hydrogen (secondary N) is 1. The Hall–Kier alpha value is -1.06. The van der Waals surface area contributed by atoms with Crippen LogP contribution in [-0.4, -0.2) is 36.0 Å². The topological polar surface area (TPSA) is 32.3 Å². The number of amides is 1. The van der Waals surface area contributed by atoms with E-state index >= 15 is 0 Å². The van der Waals surface area contributed by atoms with E-state index in [0.29, 0.717) is 23.5 Å². The molecule has 1 aromatic carbocycles. The van der Waals surface area contributed by atoms with Crippen LogP contribution >= 0.6 is 11.6 Å². The Morgan fingerprint density at radius 3 is 2.39 bits per heavy atom. The zero-order valence-electron chi connectivity index (χ0n) is 10.8. The first-order valence-electron chi connectivity index (χ1n) is 6.33. The second-order valence-electron chi connectivity index (χ2n) is 5.07. The van der Waals surface area contributed by atoms with Gasteiger partial charge in [-0.1, -0.05) is 23.7 Å². The highest BCUT2D eigenvalue weighted by atomic mass is 35.5. The van der Waals surface area contributed by atoms with E-state index in [1.807, 2.05) is 29.2 Å². The molecule has 1 amide bonds. The second kappa shape index (κ2) is 5.72. The van der Waals surface area contributed by atoms with Crippen molar-refractivity contribution >= 4 is 17.5 Å². The van der Waals surface area contributed by atoms with Crippen molar-refractivity contribution in [2.24, 2.45) is 0 Å². The zero-order chi connectivity index (χ0) is 13.1. The summed E-state index contributed by atoms with van der Waals surface area (Å²) in [5, 5.41) is 4.13. The van der Waals surface area contributed by atoms with Gasteiger partial charge >= 0.3 is 0 Å². The molecule has 0 aromatic heterocycles. The van der Waals surface area contributed by atoms with Crippen LogP contribution in [0.2, 0.25) is 5.02 Å². The molecule has 1 N–H and O–H groups in total. The number of nitrogens with zero attached hydrogens (tertiary/aromatic N) is 1. The Morgan fingerprint density at radius 2 is 1.83 bits per heavy atom. The molecule has 2 atom stereocenters. The van der Waals surface area contributed by atoms with Gasteiger partial charge in [0.15, 0.2) is 0 Å². The fraction of sp³-hybridized carbons (Fsp3) is 0.500. The standard InChI is InChI=1S/C14H19ClN2O/c1-10-8-17(9-11(2)16-10)14(18)7-12-3-5-13(15)6-4-12/h3-6,10-11,16H,7-9H2,1-2H3. The molecular formula is C14H19ClN2O. The molecule has 18 heavy (non-hydrogen) atoms. The van der Waals surface area contributed by atoms with Gasteiger partial charge in [0.05, 0.1) is 6.42 Å². The van der Waals surface area contributed by atoms with E-state index in [9.17, 15) is 4.79 Å². The largest absolute Gasteiger partial charge is 0.339 e. The van der Waals surface area contributed by atoms with Gasteiger partial charge in [0.25, 0.3) is 0 Å². The first-order valence-corrected chi connectivity index (χ1v) is 6.70. The van der Waals surface area contributed by atoms with Crippen LogP contribution in [0.5, 0.6) is 0 Å². The normalized spacial score (nSPS) is 24.1. The van der Waals surface area contributed by atoms with Crippen molar-refractivity contribution in [3.8, 4) is 0 Å². The number of hydrogen-bond donors (Lipinski definition) is 1. The van der Waals surface area contributed by atoms with E-state index in [1.165, 1.54) is 0 Å². The third-order valence-corrected chi connectivity index (χ3v) is 3.43. The van der Waals surface area contributed by atoms with Gasteiger partial charge in [-0.15, -0.1) is 0 Å². The zero-order valence-corrected chi connectivity index (χ0v) is 11.6. The molecule has 0 aliphatic carbocycles. The minimum atomic E-state index is 0.192. The maximum Gasteiger partial charge on any atom is 0.227 e. The van der Waals surface area contributed by atoms with E-state index in [2.05, 4.69) is 19.2 Å². The number of piperazine rings is 1. The van der Waals surface area contributed by atoms with Crippen molar-refractivity contribution in [1.82, 2.24) is 10.2 Å². The van der Waals surface area contributed by atoms with Crippen LogP contribution in [0.25, 0.3) is 0 Å². The molecule has 0 bridgehead atoms. The fourth-order valence-electron chi connectivity index (χ4n) is 2.42. The molecular weight excluding hydrogens is 248 g/mol. The average molecular weight is 267 g/mol. The van der Waals surface area contributed by atoms with Gasteiger partial charge in [-0.2, -0.15) is 0 Å². The summed E-state index contributed by atoms with van der Waals surface area (Å²) in [7, 11) is 0. The molecule has 3 nitrogen and oxygen atoms in total. The molecule has 1 fully saturated rings. The van der Waals surface area contributed by atoms with E-state index in [4.69, 9.17) is 11.6 Å². The molecule has 0 spiro atoms. The summed E-state index contributed by atoms with van der Waals surface area (Å²) < 4.78 is 0. The summed E-state index contributed by atoms with van der Waals surface area (Å²) in [5.41, 5.74) is 1.02. The summed E-state index contributed by atoms with van der Waals surface area (Å²) in [5.74, 6) is 0.192. The Morgan fingerprint density at radius 1 is 1.28 bits per heavy atom. The fourth-order valence-corrected chi connectivity index (χ4v) is 2.55. The third-order valence-electron chi connectivity index (χ3n) is 3.18. The summed E-state index contributed by atoms with van der Waals surface area (Å²) in [4.78, 5) is 14.2. The third kappa shape index (κ3) is 3.47. The monoisotopic (exact) mass is 266 g/mol. The van der Waals surface area contributed by atoms with Crippen molar-refractivity contribution in [2.75, 3.05) is 13.1 Å². The van der Waals surface area contributed by atoms with Gasteiger partial charge in [-0.05, 0) is 31.5 Å². The van der Waals surface area contributed by atoms with E-state index in [1.54, 1.807) is 0 Å². The lowest BCUT2D eigenvalue weighted by atomic mass is 10.1. The Labute approximate surface area is 113 Å². The van der Waals surface area contributed by atoms with Crippen LogP contribution < -0.4 is 5.32 Å². The van der Waals surface area contributed by atoms with Crippen molar-refractivity contribution in [2.45, 2.75) is 32.4 Å². The van der Waals surface area contributed by atoms with E-state index in [0.717, 1.165) is 18.7 Å². The van der Waals surface area contributed by atoms with Gasteiger partial charge in [0, 0.05) is 30.2 Å². The maximum atomic E-state index is 12.2. The number of hydrogen-bond acceptors (Lipinski definition) is 2. The summed E-state index contributed by atoms with van der Waals surface area (Å²) in [6, 6.07) is 8.20. The Balaban J connectivity index is 1.97. The van der Waals surface area contributed by atoms with Crippen LogP contribution in [0.15, 0.2) is 24.3 Å². The van der Waals surface area contributed by atoms with E-state index < -0.39 is 0 Å². The predicted octanol–water partition coefficient (Wildman–Crippen LogP) is 2.09. The summed E-state index contributed by atoms with van der Waals surface area (Å²) >= 11 is 5.83. The summed E-state index contributed by atoms with van der Waals surface area (Å²) in [6.07, 6.45) is 0.455. The minimum Gasteiger partial charge on any atom is -0.339 e. The quantitative estimate of drug-likeness (QED) is 0.889. The van der Waals surface area contributed by atoms with Crippen molar-refractivity contribution < 1.29 is 4.79 Å². The smallest absolute Gasteiger partial charge is 0.227 e. The molecule has 0 saturated carbocycles. The lowest BCUT2D eigenvalue weighted by molar-refractivity contribution is -0.132. The number of carbonyl (C=O) groups excluding carboxylic acids is 1. The Bertz CT molecular complexity index is 408. The Kier molecular flexibility index (Phi) is 4.25. The first kappa shape index (κ1) is 13.4. The van der Waals surface area contributed by atoms with Gasteiger partial charge in [0.1, 0.15) is 0 Å². The first-order chi connectivity index (χ1) is 8.54. The van der Waals surface area contributed by atoms with Crippen molar-refractivity contribution in [3.63, 3.8) is 0 Å². The highest BCUT2D eigenvalue weighted by molar-refractivity contribution is 6.30. The lowest BCUT2D eigenvalue weighted by Crippen LogP contribution is -2.56. The molecule has 1 saturated heterocycles. The molecule has 2 unspecified atom stereocenters. The predicted molar refractivity (Wildman–Crippen MR) is 73.8 cm³/mol. The van der Waals surface area contributed by atoms with Gasteiger partial charge in [-0.3, -0.25) is 4.79 Å². The number of halogens is 1. The average Bonchev–Trinajstić information content (AvgIpc) is 2.31. The number of carbonyl (C=O) groups is 1. The van der Waals surface area contributed by atoms with Gasteiger partial charge in [-0.25, -0.2) is 0 Å². The molecule has 1 heterocycles. The van der Waals surface area contributed by atoms with Crippen LogP contribution in [0.1, 0.15) is 19.4 Å². The molecule has 1 aliphatic rings. The van der Waals surface area contributed by atoms with Crippen LogP contribution in [-0.2, 0) is 11.2 Å². The van der Waals surface area contributed by atoms with Gasteiger partial charge in [0.2, 0.25) is 5.91 Å². The molecule has 98 valence electrons.